The number of ether oxygens (including phenoxy) is 1. The maximum absolute atomic E-state index is 12.6. The number of hydrogen-bond donors (Lipinski definition) is 1. The van der Waals surface area contributed by atoms with Crippen molar-refractivity contribution in [1.82, 2.24) is 15.1 Å². The number of thiophene rings is 1. The molecule has 3 rings (SSSR count). The topological polar surface area (TPSA) is 57.2 Å². The summed E-state index contributed by atoms with van der Waals surface area (Å²) in [6.07, 6.45) is 0.946. The monoisotopic (exact) mass is 386 g/mol. The summed E-state index contributed by atoms with van der Waals surface area (Å²) >= 11 is 1.78. The average Bonchev–Trinajstić information content (AvgIpc) is 3.16. The molecular weight excluding hydrogens is 360 g/mol. The Labute approximate surface area is 164 Å². The van der Waals surface area contributed by atoms with Crippen molar-refractivity contribution in [3.05, 3.63) is 51.7 Å². The second-order valence-corrected chi connectivity index (χ2v) is 7.50. The van der Waals surface area contributed by atoms with E-state index in [9.17, 15) is 4.79 Å². The molecule has 1 aliphatic rings. The van der Waals surface area contributed by atoms with E-state index in [1.54, 1.807) is 25.5 Å². The number of aliphatic imine (C=N–C) groups is 1. The number of guanidine groups is 1. The summed E-state index contributed by atoms with van der Waals surface area (Å²) in [6.45, 7) is 2.36. The number of rotatable bonds is 5. The molecule has 2 aromatic rings. The number of nitrogens with zero attached hydrogens (tertiary/aromatic N) is 3. The van der Waals surface area contributed by atoms with Gasteiger partial charge in [0.2, 0.25) is 5.91 Å². The van der Waals surface area contributed by atoms with E-state index in [0.717, 1.165) is 24.3 Å². The lowest BCUT2D eigenvalue weighted by molar-refractivity contribution is -0.130. The summed E-state index contributed by atoms with van der Waals surface area (Å²) in [7, 11) is 5.34. The van der Waals surface area contributed by atoms with E-state index < -0.39 is 0 Å². The second-order valence-electron chi connectivity index (χ2n) is 6.50. The summed E-state index contributed by atoms with van der Waals surface area (Å²) in [5.74, 6) is 1.62. The van der Waals surface area contributed by atoms with E-state index in [1.807, 2.05) is 41.1 Å². The van der Waals surface area contributed by atoms with Crippen molar-refractivity contribution < 1.29 is 9.53 Å². The number of fused-ring (bicyclic) bond motifs is 1. The Morgan fingerprint density at radius 1 is 1.37 bits per heavy atom. The van der Waals surface area contributed by atoms with Gasteiger partial charge < -0.3 is 19.9 Å². The molecule has 1 aliphatic heterocycles. The third kappa shape index (κ3) is 4.60. The van der Waals surface area contributed by atoms with Crippen LogP contribution in [0.2, 0.25) is 0 Å². The number of amides is 1. The van der Waals surface area contributed by atoms with Crippen molar-refractivity contribution in [3.63, 3.8) is 0 Å². The zero-order chi connectivity index (χ0) is 19.2. The van der Waals surface area contributed by atoms with Crippen LogP contribution in [0.15, 0.2) is 40.7 Å². The molecule has 0 radical (unpaired) electrons. The SMILES string of the molecule is CN=C(NCC(=O)N1CCc2sccc2C1)N(C)Cc1ccccc1OC. The van der Waals surface area contributed by atoms with Gasteiger partial charge in [0.1, 0.15) is 5.75 Å². The molecule has 7 heteroatoms. The molecule has 0 bridgehead atoms. The highest BCUT2D eigenvalue weighted by Crippen LogP contribution is 2.24. The minimum atomic E-state index is 0.0960. The molecule has 6 nitrogen and oxygen atoms in total. The van der Waals surface area contributed by atoms with E-state index in [4.69, 9.17) is 4.74 Å². The molecule has 1 N–H and O–H groups in total. The van der Waals surface area contributed by atoms with E-state index in [2.05, 4.69) is 21.8 Å². The van der Waals surface area contributed by atoms with Crippen LogP contribution in [0.1, 0.15) is 16.0 Å². The van der Waals surface area contributed by atoms with Gasteiger partial charge in [0.05, 0.1) is 13.7 Å². The Hall–Kier alpha value is -2.54. The van der Waals surface area contributed by atoms with Gasteiger partial charge in [-0.15, -0.1) is 11.3 Å². The number of carbonyl (C=O) groups is 1. The molecule has 1 amide bonds. The van der Waals surface area contributed by atoms with Gasteiger partial charge in [-0.05, 0) is 29.5 Å². The first-order valence-electron chi connectivity index (χ1n) is 8.99. The predicted molar refractivity (Wildman–Crippen MR) is 109 cm³/mol. The lowest BCUT2D eigenvalue weighted by atomic mass is 10.1. The van der Waals surface area contributed by atoms with Crippen LogP contribution in [0.4, 0.5) is 0 Å². The molecular formula is C20H26N4O2S. The van der Waals surface area contributed by atoms with Gasteiger partial charge in [-0.2, -0.15) is 0 Å². The number of benzene rings is 1. The van der Waals surface area contributed by atoms with Crippen LogP contribution >= 0.6 is 11.3 Å². The van der Waals surface area contributed by atoms with Gasteiger partial charge in [-0.25, -0.2) is 0 Å². The van der Waals surface area contributed by atoms with Crippen LogP contribution in [0.3, 0.4) is 0 Å². The largest absolute Gasteiger partial charge is 0.496 e. The first kappa shape index (κ1) is 19.2. The van der Waals surface area contributed by atoms with Crippen LogP contribution < -0.4 is 10.1 Å². The number of hydrogen-bond acceptors (Lipinski definition) is 4. The first-order valence-corrected chi connectivity index (χ1v) is 9.87. The molecule has 0 aliphatic carbocycles. The van der Waals surface area contributed by atoms with Crippen LogP contribution in [-0.2, 0) is 24.3 Å². The third-order valence-corrected chi connectivity index (χ3v) is 5.75. The fraction of sp³-hybridized carbons (Fsp3) is 0.400. The Kier molecular flexibility index (Phi) is 6.34. The predicted octanol–water partition coefficient (Wildman–Crippen LogP) is 2.35. The molecule has 1 aromatic carbocycles. The normalized spacial score (nSPS) is 13.9. The highest BCUT2D eigenvalue weighted by molar-refractivity contribution is 7.10. The van der Waals surface area contributed by atoms with Crippen molar-refractivity contribution >= 4 is 23.2 Å². The zero-order valence-corrected chi connectivity index (χ0v) is 16.9. The lowest BCUT2D eigenvalue weighted by Gasteiger charge is -2.28. The average molecular weight is 387 g/mol. The molecule has 144 valence electrons. The zero-order valence-electron chi connectivity index (χ0n) is 16.1. The number of nitrogens with one attached hydrogen (secondary N) is 1. The van der Waals surface area contributed by atoms with Gasteiger partial charge in [0.15, 0.2) is 5.96 Å². The summed E-state index contributed by atoms with van der Waals surface area (Å²) in [5.41, 5.74) is 2.34. The number of para-hydroxylation sites is 1. The van der Waals surface area contributed by atoms with Crippen molar-refractivity contribution in [2.75, 3.05) is 34.3 Å². The van der Waals surface area contributed by atoms with Gasteiger partial charge in [0, 0.05) is 44.2 Å². The Morgan fingerprint density at radius 3 is 2.96 bits per heavy atom. The smallest absolute Gasteiger partial charge is 0.242 e. The minimum absolute atomic E-state index is 0.0960. The van der Waals surface area contributed by atoms with E-state index in [0.29, 0.717) is 19.0 Å². The number of carbonyl (C=O) groups excluding carboxylic acids is 1. The molecule has 0 unspecified atom stereocenters. The summed E-state index contributed by atoms with van der Waals surface area (Å²) in [4.78, 5) is 22.2. The Balaban J connectivity index is 1.55. The fourth-order valence-electron chi connectivity index (χ4n) is 3.28. The molecule has 0 saturated carbocycles. The lowest BCUT2D eigenvalue weighted by Crippen LogP contribution is -2.46. The summed E-state index contributed by atoms with van der Waals surface area (Å²) in [6, 6.07) is 10.0. The van der Waals surface area contributed by atoms with Crippen molar-refractivity contribution in [3.8, 4) is 5.75 Å². The minimum Gasteiger partial charge on any atom is -0.496 e. The van der Waals surface area contributed by atoms with E-state index in [1.165, 1.54) is 10.4 Å². The fourth-order valence-corrected chi connectivity index (χ4v) is 4.17. The highest BCUT2D eigenvalue weighted by atomic mass is 32.1. The maximum atomic E-state index is 12.6. The van der Waals surface area contributed by atoms with E-state index in [-0.39, 0.29) is 12.5 Å². The molecule has 0 saturated heterocycles. The van der Waals surface area contributed by atoms with Crippen LogP contribution in [0.25, 0.3) is 0 Å². The van der Waals surface area contributed by atoms with Crippen molar-refractivity contribution in [1.29, 1.82) is 0 Å². The van der Waals surface area contributed by atoms with E-state index >= 15 is 0 Å². The van der Waals surface area contributed by atoms with Crippen molar-refractivity contribution in [2.45, 2.75) is 19.5 Å². The van der Waals surface area contributed by atoms with Crippen LogP contribution in [0, 0.1) is 0 Å². The molecule has 2 heterocycles. The number of methoxy groups -OCH3 is 1. The van der Waals surface area contributed by atoms with Crippen molar-refractivity contribution in [2.24, 2.45) is 4.99 Å². The molecule has 0 fully saturated rings. The molecule has 27 heavy (non-hydrogen) atoms. The Bertz CT molecular complexity index is 818. The quantitative estimate of drug-likeness (QED) is 0.633. The Morgan fingerprint density at radius 2 is 2.19 bits per heavy atom. The van der Waals surface area contributed by atoms with Crippen LogP contribution in [-0.4, -0.2) is 56.0 Å². The highest BCUT2D eigenvalue weighted by Gasteiger charge is 2.21. The van der Waals surface area contributed by atoms with Gasteiger partial charge in [-0.3, -0.25) is 9.79 Å². The molecule has 1 aromatic heterocycles. The molecule has 0 spiro atoms. The first-order chi connectivity index (χ1) is 13.1. The summed E-state index contributed by atoms with van der Waals surface area (Å²) in [5, 5.41) is 5.29. The van der Waals surface area contributed by atoms with Gasteiger partial charge in [-0.1, -0.05) is 18.2 Å². The third-order valence-electron chi connectivity index (χ3n) is 4.73. The van der Waals surface area contributed by atoms with Crippen LogP contribution in [0.5, 0.6) is 5.75 Å². The maximum Gasteiger partial charge on any atom is 0.242 e. The van der Waals surface area contributed by atoms with Gasteiger partial charge >= 0.3 is 0 Å². The summed E-state index contributed by atoms with van der Waals surface area (Å²) < 4.78 is 5.41. The second kappa shape index (κ2) is 8.90. The molecule has 0 atom stereocenters. The van der Waals surface area contributed by atoms with Gasteiger partial charge in [0.25, 0.3) is 0 Å². The standard InChI is InChI=1S/C20H26N4O2S/c1-21-20(23(2)13-15-6-4-5-7-17(15)26-3)22-12-19(25)24-10-8-18-16(14-24)9-11-27-18/h4-7,9,11H,8,10,12-14H2,1-3H3,(H,21,22).